The number of hydrogen-bond acceptors (Lipinski definition) is 5. The van der Waals surface area contributed by atoms with E-state index < -0.39 is 22.5 Å². The van der Waals surface area contributed by atoms with Gasteiger partial charge in [-0.1, -0.05) is 36.4 Å². The second-order valence-corrected chi connectivity index (χ2v) is 10.0. The zero-order chi connectivity index (χ0) is 24.7. The molecule has 3 aromatic carbocycles. The number of hydrogen-bond donors (Lipinski definition) is 1. The zero-order valence-electron chi connectivity index (χ0n) is 18.8. The van der Waals surface area contributed by atoms with Crippen molar-refractivity contribution in [2.45, 2.75) is 11.8 Å². The molecule has 1 amide bonds. The molecule has 0 aliphatic rings. The molecule has 0 aliphatic carbocycles. The van der Waals surface area contributed by atoms with E-state index in [9.17, 15) is 13.2 Å². The highest BCUT2D eigenvalue weighted by Crippen LogP contribution is 2.31. The molecule has 0 unspecified atom stereocenters. The van der Waals surface area contributed by atoms with Crippen molar-refractivity contribution in [2.24, 2.45) is 0 Å². The maximum Gasteiger partial charge on any atom is 0.264 e. The van der Waals surface area contributed by atoms with Crippen molar-refractivity contribution < 1.29 is 22.7 Å². The fourth-order valence-corrected chi connectivity index (χ4v) is 5.25. The summed E-state index contributed by atoms with van der Waals surface area (Å²) < 4.78 is 39.4. The van der Waals surface area contributed by atoms with Gasteiger partial charge >= 0.3 is 0 Å². The van der Waals surface area contributed by atoms with Crippen LogP contribution >= 0.6 is 15.9 Å². The van der Waals surface area contributed by atoms with Crippen LogP contribution in [0.5, 0.6) is 11.5 Å². The Balaban J connectivity index is 1.91. The second-order valence-electron chi connectivity index (χ2n) is 7.32. The molecule has 0 aromatic heterocycles. The van der Waals surface area contributed by atoms with Crippen LogP contribution in [0.15, 0.2) is 88.8 Å². The summed E-state index contributed by atoms with van der Waals surface area (Å²) in [4.78, 5) is 13.0. The first-order valence-electron chi connectivity index (χ1n) is 10.3. The van der Waals surface area contributed by atoms with E-state index in [0.717, 1.165) is 9.87 Å². The fraction of sp³-hybridized carbons (Fsp3) is 0.160. The third-order valence-corrected chi connectivity index (χ3v) is 7.20. The molecule has 1 N–H and O–H groups in total. The highest BCUT2D eigenvalue weighted by Gasteiger charge is 2.28. The number of amides is 1. The number of rotatable bonds is 10. The van der Waals surface area contributed by atoms with E-state index in [1.807, 2.05) is 6.92 Å². The van der Waals surface area contributed by atoms with Crippen LogP contribution in [0.1, 0.15) is 5.56 Å². The number of sulfonamides is 1. The van der Waals surface area contributed by atoms with Crippen molar-refractivity contribution in [1.82, 2.24) is 0 Å². The Morgan fingerprint density at radius 3 is 2.50 bits per heavy atom. The Hall–Kier alpha value is -3.30. The standard InChI is InChI=1S/C25H25BrN2O5S/c1-4-14-33-21-7-5-6-19(15-21)27-25(29)17-28(20-10-8-18(2)9-11-20)34(30,31)22-12-13-24(32-3)23(26)16-22/h4-13,15-16H,1,14,17H2,2-3H3,(H,27,29). The van der Waals surface area contributed by atoms with Crippen LogP contribution in [-0.4, -0.2) is 34.6 Å². The highest BCUT2D eigenvalue weighted by molar-refractivity contribution is 9.10. The normalized spacial score (nSPS) is 10.9. The summed E-state index contributed by atoms with van der Waals surface area (Å²) in [6.07, 6.45) is 1.62. The molecule has 0 heterocycles. The Morgan fingerprint density at radius 2 is 1.85 bits per heavy atom. The van der Waals surface area contributed by atoms with Crippen molar-refractivity contribution >= 4 is 43.2 Å². The Labute approximate surface area is 208 Å². The van der Waals surface area contributed by atoms with Crippen molar-refractivity contribution in [3.63, 3.8) is 0 Å². The lowest BCUT2D eigenvalue weighted by Crippen LogP contribution is -2.38. The number of aryl methyl sites for hydroxylation is 1. The maximum atomic E-state index is 13.6. The van der Waals surface area contributed by atoms with Crippen LogP contribution in [0.3, 0.4) is 0 Å². The second kappa shape index (κ2) is 11.2. The van der Waals surface area contributed by atoms with Crippen LogP contribution in [0.2, 0.25) is 0 Å². The summed E-state index contributed by atoms with van der Waals surface area (Å²) >= 11 is 3.33. The van der Waals surface area contributed by atoms with E-state index in [4.69, 9.17) is 9.47 Å². The summed E-state index contributed by atoms with van der Waals surface area (Å²) in [5, 5.41) is 2.74. The average Bonchev–Trinajstić information content (AvgIpc) is 2.82. The van der Waals surface area contributed by atoms with Gasteiger partial charge < -0.3 is 14.8 Å². The number of nitrogens with zero attached hydrogens (tertiary/aromatic N) is 1. The van der Waals surface area contributed by atoms with E-state index in [1.165, 1.54) is 19.2 Å². The van der Waals surface area contributed by atoms with Gasteiger partial charge in [0.2, 0.25) is 5.91 Å². The molecule has 0 spiro atoms. The fourth-order valence-electron chi connectivity index (χ4n) is 3.11. The van der Waals surface area contributed by atoms with Crippen LogP contribution in [0, 0.1) is 6.92 Å². The molecule has 0 radical (unpaired) electrons. The molecule has 34 heavy (non-hydrogen) atoms. The van der Waals surface area contributed by atoms with Gasteiger partial charge in [-0.15, -0.1) is 0 Å². The number of ether oxygens (including phenoxy) is 2. The van der Waals surface area contributed by atoms with Gasteiger partial charge in [-0.3, -0.25) is 9.10 Å². The number of carbonyl (C=O) groups excluding carboxylic acids is 1. The summed E-state index contributed by atoms with van der Waals surface area (Å²) in [7, 11) is -2.58. The third-order valence-electron chi connectivity index (χ3n) is 4.81. The first-order chi connectivity index (χ1) is 16.2. The van der Waals surface area contributed by atoms with Gasteiger partial charge in [-0.2, -0.15) is 0 Å². The maximum absolute atomic E-state index is 13.6. The molecular formula is C25H25BrN2O5S. The molecule has 0 saturated carbocycles. The molecule has 0 aliphatic heterocycles. The number of halogens is 1. The molecule has 0 fully saturated rings. The van der Waals surface area contributed by atoms with Crippen molar-refractivity contribution in [2.75, 3.05) is 29.9 Å². The molecule has 178 valence electrons. The van der Waals surface area contributed by atoms with E-state index in [1.54, 1.807) is 60.7 Å². The lowest BCUT2D eigenvalue weighted by Gasteiger charge is -2.24. The molecule has 0 bridgehead atoms. The Kier molecular flexibility index (Phi) is 8.36. The summed E-state index contributed by atoms with van der Waals surface area (Å²) in [6, 6.07) is 18.2. The predicted molar refractivity (Wildman–Crippen MR) is 137 cm³/mol. The lowest BCUT2D eigenvalue weighted by atomic mass is 10.2. The van der Waals surface area contributed by atoms with Gasteiger partial charge in [0, 0.05) is 11.8 Å². The lowest BCUT2D eigenvalue weighted by molar-refractivity contribution is -0.114. The molecule has 7 nitrogen and oxygen atoms in total. The minimum absolute atomic E-state index is 0.0216. The van der Waals surface area contributed by atoms with Crippen LogP contribution in [0.25, 0.3) is 0 Å². The molecular weight excluding hydrogens is 520 g/mol. The van der Waals surface area contributed by atoms with Crippen LogP contribution in [0.4, 0.5) is 11.4 Å². The number of methoxy groups -OCH3 is 1. The van der Waals surface area contributed by atoms with Gasteiger partial charge in [0.05, 0.1) is 22.2 Å². The van der Waals surface area contributed by atoms with Crippen LogP contribution < -0.4 is 19.1 Å². The van der Waals surface area contributed by atoms with Gasteiger partial charge in [-0.25, -0.2) is 8.42 Å². The summed E-state index contributed by atoms with van der Waals surface area (Å²) in [6.45, 7) is 5.41. The first kappa shape index (κ1) is 25.3. The highest BCUT2D eigenvalue weighted by atomic mass is 79.9. The van der Waals surface area contributed by atoms with E-state index in [2.05, 4.69) is 27.8 Å². The largest absolute Gasteiger partial charge is 0.496 e. The topological polar surface area (TPSA) is 84.9 Å². The van der Waals surface area contributed by atoms with E-state index in [0.29, 0.717) is 34.0 Å². The van der Waals surface area contributed by atoms with Gasteiger partial charge in [0.25, 0.3) is 10.0 Å². The predicted octanol–water partition coefficient (Wildman–Crippen LogP) is 5.16. The van der Waals surface area contributed by atoms with E-state index >= 15 is 0 Å². The van der Waals surface area contributed by atoms with Gasteiger partial charge in [0.1, 0.15) is 24.7 Å². The molecule has 3 aromatic rings. The number of benzene rings is 3. The first-order valence-corrected chi connectivity index (χ1v) is 12.5. The molecule has 0 saturated heterocycles. The minimum Gasteiger partial charge on any atom is -0.496 e. The summed E-state index contributed by atoms with van der Waals surface area (Å²) in [5.41, 5.74) is 1.82. The minimum atomic E-state index is -4.07. The smallest absolute Gasteiger partial charge is 0.264 e. The third kappa shape index (κ3) is 6.18. The SMILES string of the molecule is C=CCOc1cccc(NC(=O)CN(c2ccc(C)cc2)S(=O)(=O)c2ccc(OC)c(Br)c2)c1. The molecule has 9 heteroatoms. The van der Waals surface area contributed by atoms with Crippen molar-refractivity contribution in [3.05, 3.63) is 89.4 Å². The average molecular weight is 545 g/mol. The van der Waals surface area contributed by atoms with Gasteiger partial charge in [0.15, 0.2) is 0 Å². The molecule has 0 atom stereocenters. The number of anilines is 2. The monoisotopic (exact) mass is 544 g/mol. The van der Waals surface area contributed by atoms with Crippen molar-refractivity contribution in [1.29, 1.82) is 0 Å². The van der Waals surface area contributed by atoms with Gasteiger partial charge in [-0.05, 0) is 65.3 Å². The summed E-state index contributed by atoms with van der Waals surface area (Å²) in [5.74, 6) is 0.554. The zero-order valence-corrected chi connectivity index (χ0v) is 21.2. The number of nitrogens with one attached hydrogen (secondary N) is 1. The Bertz CT molecular complexity index is 1280. The Morgan fingerprint density at radius 1 is 1.12 bits per heavy atom. The number of carbonyl (C=O) groups is 1. The van der Waals surface area contributed by atoms with E-state index in [-0.39, 0.29) is 4.90 Å². The van der Waals surface area contributed by atoms with Crippen molar-refractivity contribution in [3.8, 4) is 11.5 Å². The molecule has 3 rings (SSSR count). The quantitative estimate of drug-likeness (QED) is 0.356. The van der Waals surface area contributed by atoms with Crippen LogP contribution in [-0.2, 0) is 14.8 Å².